The van der Waals surface area contributed by atoms with Gasteiger partial charge in [-0.1, -0.05) is 6.42 Å². The molecule has 0 bridgehead atoms. The number of nitrogens with zero attached hydrogens (tertiary/aromatic N) is 2. The lowest BCUT2D eigenvalue weighted by molar-refractivity contribution is 0.237. The van der Waals surface area contributed by atoms with E-state index in [1.165, 1.54) is 37.9 Å². The molecule has 1 aliphatic rings. The first-order valence-electron chi connectivity index (χ1n) is 6.35. The van der Waals surface area contributed by atoms with E-state index < -0.39 is 0 Å². The molecule has 0 atom stereocenters. The Morgan fingerprint density at radius 1 is 1.35 bits per heavy atom. The van der Waals surface area contributed by atoms with Crippen molar-refractivity contribution in [3.05, 3.63) is 22.3 Å². The summed E-state index contributed by atoms with van der Waals surface area (Å²) in [5.74, 6) is 0.960. The summed E-state index contributed by atoms with van der Waals surface area (Å²) in [6.07, 6.45) is 5.96. The highest BCUT2D eigenvalue weighted by Gasteiger charge is 2.09. The number of aryl methyl sites for hydroxylation is 1. The van der Waals surface area contributed by atoms with Crippen molar-refractivity contribution in [1.82, 2.24) is 9.88 Å². The summed E-state index contributed by atoms with van der Waals surface area (Å²) in [6, 6.07) is 2.01. The van der Waals surface area contributed by atoms with Crippen LogP contribution in [0.3, 0.4) is 0 Å². The fourth-order valence-electron chi connectivity index (χ4n) is 2.18. The van der Waals surface area contributed by atoms with E-state index in [1.807, 2.05) is 12.3 Å². The van der Waals surface area contributed by atoms with E-state index in [9.17, 15) is 0 Å². The maximum Gasteiger partial charge on any atom is 0.140 e. The van der Waals surface area contributed by atoms with Gasteiger partial charge >= 0.3 is 0 Å². The SMILES string of the molecule is Cc1ccnc(NCCN2CCCCC2)c1Br. The lowest BCUT2D eigenvalue weighted by atomic mass is 10.1. The molecule has 1 aromatic heterocycles. The number of piperidine rings is 1. The average Bonchev–Trinajstić information content (AvgIpc) is 2.36. The molecular formula is C13H20BrN3. The van der Waals surface area contributed by atoms with Gasteiger partial charge < -0.3 is 10.2 Å². The first-order valence-corrected chi connectivity index (χ1v) is 7.14. The van der Waals surface area contributed by atoms with Gasteiger partial charge in [0.2, 0.25) is 0 Å². The van der Waals surface area contributed by atoms with Crippen LogP contribution in [0.5, 0.6) is 0 Å². The molecule has 17 heavy (non-hydrogen) atoms. The molecule has 94 valence electrons. The van der Waals surface area contributed by atoms with E-state index in [0.29, 0.717) is 0 Å². The first-order chi connectivity index (χ1) is 8.27. The van der Waals surface area contributed by atoms with Crippen LogP contribution < -0.4 is 5.32 Å². The number of pyridine rings is 1. The topological polar surface area (TPSA) is 28.2 Å². The Hall–Kier alpha value is -0.610. The van der Waals surface area contributed by atoms with Gasteiger partial charge in [0, 0.05) is 19.3 Å². The molecule has 2 heterocycles. The van der Waals surface area contributed by atoms with Gasteiger partial charge in [-0.2, -0.15) is 0 Å². The summed E-state index contributed by atoms with van der Waals surface area (Å²) in [4.78, 5) is 6.87. The number of likely N-dealkylation sites (tertiary alicyclic amines) is 1. The number of hydrogen-bond acceptors (Lipinski definition) is 3. The smallest absolute Gasteiger partial charge is 0.140 e. The summed E-state index contributed by atoms with van der Waals surface area (Å²) in [7, 11) is 0. The van der Waals surface area contributed by atoms with Crippen LogP contribution in [0.1, 0.15) is 24.8 Å². The van der Waals surface area contributed by atoms with Gasteiger partial charge in [0.15, 0.2) is 0 Å². The monoisotopic (exact) mass is 297 g/mol. The Morgan fingerprint density at radius 2 is 2.12 bits per heavy atom. The summed E-state index contributed by atoms with van der Waals surface area (Å²) in [5, 5.41) is 3.40. The molecule has 1 N–H and O–H groups in total. The quantitative estimate of drug-likeness (QED) is 0.926. The van der Waals surface area contributed by atoms with Gasteiger partial charge in [0.1, 0.15) is 5.82 Å². The minimum Gasteiger partial charge on any atom is -0.368 e. The van der Waals surface area contributed by atoms with Gasteiger partial charge in [-0.25, -0.2) is 4.98 Å². The van der Waals surface area contributed by atoms with Gasteiger partial charge in [-0.05, 0) is 60.4 Å². The van der Waals surface area contributed by atoms with E-state index >= 15 is 0 Å². The molecule has 0 radical (unpaired) electrons. The standard InChI is InChI=1S/C13H20BrN3/c1-11-5-6-15-13(12(11)14)16-7-10-17-8-3-2-4-9-17/h5-6H,2-4,7-10H2,1H3,(H,15,16). The van der Waals surface area contributed by atoms with Crippen molar-refractivity contribution in [3.8, 4) is 0 Å². The fourth-order valence-corrected chi connectivity index (χ4v) is 2.55. The van der Waals surface area contributed by atoms with Crippen molar-refractivity contribution < 1.29 is 0 Å². The van der Waals surface area contributed by atoms with Gasteiger partial charge in [-0.3, -0.25) is 0 Å². The van der Waals surface area contributed by atoms with Gasteiger partial charge in [0.05, 0.1) is 4.47 Å². The summed E-state index contributed by atoms with van der Waals surface area (Å²) in [5.41, 5.74) is 1.22. The van der Waals surface area contributed by atoms with Crippen LogP contribution in [0.2, 0.25) is 0 Å². The van der Waals surface area contributed by atoms with Crippen molar-refractivity contribution in [1.29, 1.82) is 0 Å². The highest BCUT2D eigenvalue weighted by atomic mass is 79.9. The Bertz CT molecular complexity index is 362. The Labute approximate surface area is 112 Å². The van der Waals surface area contributed by atoms with Gasteiger partial charge in [-0.15, -0.1) is 0 Å². The second-order valence-electron chi connectivity index (χ2n) is 4.62. The van der Waals surface area contributed by atoms with Crippen LogP contribution in [0.15, 0.2) is 16.7 Å². The zero-order chi connectivity index (χ0) is 12.1. The summed E-state index contributed by atoms with van der Waals surface area (Å²) < 4.78 is 1.08. The molecule has 0 spiro atoms. The number of halogens is 1. The number of aromatic nitrogens is 1. The third-order valence-corrected chi connectivity index (χ3v) is 4.25. The second-order valence-corrected chi connectivity index (χ2v) is 5.41. The molecule has 4 heteroatoms. The number of hydrogen-bond donors (Lipinski definition) is 1. The maximum atomic E-state index is 4.35. The lowest BCUT2D eigenvalue weighted by Gasteiger charge is -2.26. The Morgan fingerprint density at radius 3 is 2.88 bits per heavy atom. The summed E-state index contributed by atoms with van der Waals surface area (Å²) in [6.45, 7) is 6.67. The third-order valence-electron chi connectivity index (χ3n) is 3.25. The molecule has 0 aliphatic carbocycles. The predicted octanol–water partition coefficient (Wildman–Crippen LogP) is 3.05. The van der Waals surface area contributed by atoms with Crippen LogP contribution in [0, 0.1) is 6.92 Å². The van der Waals surface area contributed by atoms with Gasteiger partial charge in [0.25, 0.3) is 0 Å². The van der Waals surface area contributed by atoms with E-state index in [0.717, 1.165) is 23.4 Å². The molecule has 1 aliphatic heterocycles. The zero-order valence-electron chi connectivity index (χ0n) is 10.4. The van der Waals surface area contributed by atoms with E-state index in [-0.39, 0.29) is 0 Å². The average molecular weight is 298 g/mol. The number of anilines is 1. The van der Waals surface area contributed by atoms with Crippen LogP contribution in [-0.4, -0.2) is 36.1 Å². The van der Waals surface area contributed by atoms with Crippen molar-refractivity contribution in [2.75, 3.05) is 31.5 Å². The van der Waals surface area contributed by atoms with Crippen LogP contribution in [-0.2, 0) is 0 Å². The molecular weight excluding hydrogens is 278 g/mol. The molecule has 1 saturated heterocycles. The highest BCUT2D eigenvalue weighted by molar-refractivity contribution is 9.10. The van der Waals surface area contributed by atoms with Crippen molar-refractivity contribution >= 4 is 21.7 Å². The lowest BCUT2D eigenvalue weighted by Crippen LogP contribution is -2.33. The third kappa shape index (κ3) is 3.68. The first kappa shape index (κ1) is 12.8. The minimum absolute atomic E-state index is 0.960. The van der Waals surface area contributed by atoms with Crippen molar-refractivity contribution in [3.63, 3.8) is 0 Å². The van der Waals surface area contributed by atoms with E-state index in [4.69, 9.17) is 0 Å². The summed E-state index contributed by atoms with van der Waals surface area (Å²) >= 11 is 3.57. The zero-order valence-corrected chi connectivity index (χ0v) is 12.0. The molecule has 1 fully saturated rings. The Balaban J connectivity index is 1.79. The molecule has 0 aromatic carbocycles. The van der Waals surface area contributed by atoms with Crippen LogP contribution in [0.4, 0.5) is 5.82 Å². The second kappa shape index (κ2) is 6.36. The predicted molar refractivity (Wildman–Crippen MR) is 75.5 cm³/mol. The molecule has 0 unspecified atom stereocenters. The van der Waals surface area contributed by atoms with Crippen LogP contribution in [0.25, 0.3) is 0 Å². The minimum atomic E-state index is 0.960. The highest BCUT2D eigenvalue weighted by Crippen LogP contribution is 2.22. The van der Waals surface area contributed by atoms with E-state index in [1.54, 1.807) is 0 Å². The fraction of sp³-hybridized carbons (Fsp3) is 0.615. The molecule has 0 amide bonds. The van der Waals surface area contributed by atoms with Crippen molar-refractivity contribution in [2.45, 2.75) is 26.2 Å². The number of rotatable bonds is 4. The molecule has 3 nitrogen and oxygen atoms in total. The maximum absolute atomic E-state index is 4.35. The number of nitrogens with one attached hydrogen (secondary N) is 1. The molecule has 2 rings (SSSR count). The Kier molecular flexibility index (Phi) is 4.80. The van der Waals surface area contributed by atoms with Crippen LogP contribution >= 0.6 is 15.9 Å². The van der Waals surface area contributed by atoms with E-state index in [2.05, 4.69) is 38.1 Å². The van der Waals surface area contributed by atoms with Crippen molar-refractivity contribution in [2.24, 2.45) is 0 Å². The molecule has 0 saturated carbocycles. The largest absolute Gasteiger partial charge is 0.368 e. The molecule has 1 aromatic rings. The normalized spacial score (nSPS) is 17.1.